The van der Waals surface area contributed by atoms with Crippen LogP contribution in [0.4, 0.5) is 5.69 Å². The molecule has 2 heterocycles. The van der Waals surface area contributed by atoms with Crippen molar-refractivity contribution < 1.29 is 4.52 Å². The number of thioether (sulfide) groups is 1. The molecule has 0 saturated heterocycles. The van der Waals surface area contributed by atoms with Gasteiger partial charge >= 0.3 is 0 Å². The van der Waals surface area contributed by atoms with E-state index in [0.29, 0.717) is 11.7 Å². The van der Waals surface area contributed by atoms with Gasteiger partial charge in [0.25, 0.3) is 0 Å². The minimum atomic E-state index is -0.138. The summed E-state index contributed by atoms with van der Waals surface area (Å²) < 4.78 is 7.48. The fraction of sp³-hybridized carbons (Fsp3) is 0.524. The third-order valence-electron chi connectivity index (χ3n) is 4.83. The van der Waals surface area contributed by atoms with Gasteiger partial charge in [-0.2, -0.15) is 4.98 Å². The molecule has 7 nitrogen and oxygen atoms in total. The lowest BCUT2D eigenvalue weighted by Crippen LogP contribution is -2.21. The molecule has 0 unspecified atom stereocenters. The van der Waals surface area contributed by atoms with Gasteiger partial charge in [0.1, 0.15) is 0 Å². The van der Waals surface area contributed by atoms with Crippen molar-refractivity contribution in [1.82, 2.24) is 24.9 Å². The molecular weight excluding hydrogens is 384 g/mol. The first kappa shape index (κ1) is 21.4. The summed E-state index contributed by atoms with van der Waals surface area (Å²) in [5.41, 5.74) is 2.12. The number of anilines is 1. The molecule has 156 valence electrons. The molecule has 0 radical (unpaired) electrons. The summed E-state index contributed by atoms with van der Waals surface area (Å²) in [6, 6.07) is 8.48. The van der Waals surface area contributed by atoms with Gasteiger partial charge in [0.2, 0.25) is 5.89 Å². The van der Waals surface area contributed by atoms with Crippen LogP contribution in [-0.2, 0) is 12.5 Å². The van der Waals surface area contributed by atoms with Crippen molar-refractivity contribution in [3.8, 4) is 11.4 Å². The van der Waals surface area contributed by atoms with E-state index in [2.05, 4.69) is 84.1 Å². The molecule has 3 rings (SSSR count). The predicted octanol–water partition coefficient (Wildman–Crippen LogP) is 4.86. The summed E-state index contributed by atoms with van der Waals surface area (Å²) in [4.78, 5) is 6.87. The van der Waals surface area contributed by atoms with Crippen LogP contribution < -0.4 is 4.90 Å². The van der Waals surface area contributed by atoms with E-state index in [4.69, 9.17) is 4.52 Å². The third kappa shape index (κ3) is 4.63. The molecule has 0 aliphatic heterocycles. The zero-order chi connectivity index (χ0) is 21.2. The second kappa shape index (κ2) is 8.57. The summed E-state index contributed by atoms with van der Waals surface area (Å²) in [6.07, 6.45) is 0. The van der Waals surface area contributed by atoms with Gasteiger partial charge in [-0.25, -0.2) is 0 Å². The molecule has 1 aromatic carbocycles. The van der Waals surface area contributed by atoms with Crippen molar-refractivity contribution in [3.05, 3.63) is 36.0 Å². The lowest BCUT2D eigenvalue weighted by molar-refractivity contribution is 0.364. The second-order valence-corrected chi connectivity index (χ2v) is 9.36. The van der Waals surface area contributed by atoms with Crippen molar-refractivity contribution in [2.24, 2.45) is 7.05 Å². The highest BCUT2D eigenvalue weighted by molar-refractivity contribution is 7.99. The molecule has 0 N–H and O–H groups in total. The maximum atomic E-state index is 5.47. The first-order valence-electron chi connectivity index (χ1n) is 10.00. The van der Waals surface area contributed by atoms with Gasteiger partial charge in [-0.3, -0.25) is 0 Å². The van der Waals surface area contributed by atoms with Crippen LogP contribution in [0.25, 0.3) is 11.4 Å². The first-order chi connectivity index (χ1) is 13.7. The Labute approximate surface area is 176 Å². The highest BCUT2D eigenvalue weighted by atomic mass is 32.2. The van der Waals surface area contributed by atoms with E-state index in [9.17, 15) is 0 Å². The molecule has 0 bridgehead atoms. The van der Waals surface area contributed by atoms with Gasteiger partial charge in [-0.15, -0.1) is 10.2 Å². The van der Waals surface area contributed by atoms with Crippen molar-refractivity contribution in [2.75, 3.05) is 18.0 Å². The lowest BCUT2D eigenvalue weighted by Gasteiger charge is -2.21. The van der Waals surface area contributed by atoms with Gasteiger partial charge in [0.05, 0.1) is 5.25 Å². The topological polar surface area (TPSA) is 72.9 Å². The van der Waals surface area contributed by atoms with Crippen LogP contribution in [0.15, 0.2) is 33.9 Å². The van der Waals surface area contributed by atoms with Crippen LogP contribution in [0.3, 0.4) is 0 Å². The Morgan fingerprint density at radius 3 is 2.31 bits per heavy atom. The maximum absolute atomic E-state index is 5.47. The number of hydrogen-bond donors (Lipinski definition) is 0. The van der Waals surface area contributed by atoms with E-state index < -0.39 is 0 Å². The van der Waals surface area contributed by atoms with Crippen LogP contribution in [-0.4, -0.2) is 38.0 Å². The molecule has 0 saturated carbocycles. The van der Waals surface area contributed by atoms with Crippen LogP contribution in [0.5, 0.6) is 0 Å². The summed E-state index contributed by atoms with van der Waals surface area (Å²) in [7, 11) is 1.98. The van der Waals surface area contributed by atoms with Crippen molar-refractivity contribution >= 4 is 17.4 Å². The molecule has 2 aromatic heterocycles. The quantitative estimate of drug-likeness (QED) is 0.511. The van der Waals surface area contributed by atoms with Crippen LogP contribution in [0.2, 0.25) is 0 Å². The maximum Gasteiger partial charge on any atom is 0.239 e. The normalized spacial score (nSPS) is 12.9. The average Bonchev–Trinajstić information content (AvgIpc) is 3.31. The highest BCUT2D eigenvalue weighted by Gasteiger charge is 2.25. The first-order valence-corrected chi connectivity index (χ1v) is 10.9. The van der Waals surface area contributed by atoms with Crippen molar-refractivity contribution in [3.63, 3.8) is 0 Å². The standard InChI is InChI=1S/C21H30N6OS/c1-8-27(9-2)16-12-10-15(11-13-16)17-23-24-20(26(17)7)29-14(3)18-22-19(25-28-18)21(4,5)6/h10-14H,8-9H2,1-7H3/t14-/m1/s1. The minimum absolute atomic E-state index is 0.0145. The summed E-state index contributed by atoms with van der Waals surface area (Å²) >= 11 is 1.56. The van der Waals surface area contributed by atoms with E-state index in [0.717, 1.165) is 29.6 Å². The molecular formula is C21H30N6OS. The number of nitrogens with zero attached hydrogens (tertiary/aromatic N) is 6. The van der Waals surface area contributed by atoms with Gasteiger partial charge in [0, 0.05) is 36.8 Å². The monoisotopic (exact) mass is 414 g/mol. The molecule has 8 heteroatoms. The molecule has 3 aromatic rings. The van der Waals surface area contributed by atoms with Crippen LogP contribution in [0.1, 0.15) is 58.5 Å². The Balaban J connectivity index is 1.76. The molecule has 0 fully saturated rings. The Bertz CT molecular complexity index is 937. The summed E-state index contributed by atoms with van der Waals surface area (Å²) in [5.74, 6) is 2.16. The lowest BCUT2D eigenvalue weighted by atomic mass is 9.96. The van der Waals surface area contributed by atoms with Crippen LogP contribution >= 0.6 is 11.8 Å². The fourth-order valence-corrected chi connectivity index (χ4v) is 3.84. The SMILES string of the molecule is CCN(CC)c1ccc(-c2nnc(S[C@H](C)c3nc(C(C)(C)C)no3)n2C)cc1. The van der Waals surface area contributed by atoms with E-state index in [-0.39, 0.29) is 10.7 Å². The Morgan fingerprint density at radius 2 is 1.76 bits per heavy atom. The third-order valence-corrected chi connectivity index (χ3v) is 5.95. The molecule has 0 amide bonds. The van der Waals surface area contributed by atoms with E-state index in [1.54, 1.807) is 11.8 Å². The number of rotatable bonds is 7. The summed E-state index contributed by atoms with van der Waals surface area (Å²) in [5, 5.41) is 13.7. The number of hydrogen-bond acceptors (Lipinski definition) is 7. The van der Waals surface area contributed by atoms with Gasteiger partial charge in [-0.05, 0) is 45.0 Å². The second-order valence-electron chi connectivity index (χ2n) is 8.05. The minimum Gasteiger partial charge on any atom is -0.372 e. The van der Waals surface area contributed by atoms with Crippen molar-refractivity contribution in [1.29, 1.82) is 0 Å². The van der Waals surface area contributed by atoms with Gasteiger partial charge in [0.15, 0.2) is 16.8 Å². The summed E-state index contributed by atoms with van der Waals surface area (Å²) in [6.45, 7) is 14.6. The number of benzene rings is 1. The van der Waals surface area contributed by atoms with Crippen LogP contribution in [0, 0.1) is 0 Å². The van der Waals surface area contributed by atoms with Gasteiger partial charge in [-0.1, -0.05) is 37.7 Å². The zero-order valence-electron chi connectivity index (χ0n) is 18.3. The number of aromatic nitrogens is 5. The highest BCUT2D eigenvalue weighted by Crippen LogP contribution is 2.35. The van der Waals surface area contributed by atoms with E-state index in [1.807, 2.05) is 18.5 Å². The molecule has 1 atom stereocenters. The zero-order valence-corrected chi connectivity index (χ0v) is 19.1. The van der Waals surface area contributed by atoms with E-state index >= 15 is 0 Å². The smallest absolute Gasteiger partial charge is 0.239 e. The molecule has 0 spiro atoms. The van der Waals surface area contributed by atoms with Gasteiger partial charge < -0.3 is 14.0 Å². The molecule has 0 aliphatic carbocycles. The van der Waals surface area contributed by atoms with Crippen molar-refractivity contribution in [2.45, 2.75) is 57.4 Å². The van der Waals surface area contributed by atoms with E-state index in [1.165, 1.54) is 5.69 Å². The Kier molecular flexibility index (Phi) is 6.31. The molecule has 29 heavy (non-hydrogen) atoms. The molecule has 0 aliphatic rings. The average molecular weight is 415 g/mol. The fourth-order valence-electron chi connectivity index (χ4n) is 2.99. The Hall–Kier alpha value is -2.35. The Morgan fingerprint density at radius 1 is 1.10 bits per heavy atom. The predicted molar refractivity (Wildman–Crippen MR) is 117 cm³/mol. The largest absolute Gasteiger partial charge is 0.372 e.